The summed E-state index contributed by atoms with van der Waals surface area (Å²) in [7, 11) is 0. The van der Waals surface area contributed by atoms with Crippen LogP contribution < -0.4 is 11.1 Å². The molecule has 0 fully saturated rings. The molecule has 1 aliphatic carbocycles. The third-order valence-electron chi connectivity index (χ3n) is 3.58. The minimum atomic E-state index is 0.00353. The molecule has 2 nitrogen and oxygen atoms in total. The topological polar surface area (TPSA) is 38.0 Å². The smallest absolute Gasteiger partial charge is 0.0691 e. The van der Waals surface area contributed by atoms with Crippen LogP contribution in [0.15, 0.2) is 53.6 Å². The van der Waals surface area contributed by atoms with Crippen molar-refractivity contribution in [3.05, 3.63) is 64.7 Å². The Kier molecular flexibility index (Phi) is 3.88. The maximum Gasteiger partial charge on any atom is 0.0691 e. The predicted molar refractivity (Wildman–Crippen MR) is 85.5 cm³/mol. The van der Waals surface area contributed by atoms with Crippen LogP contribution in [0.1, 0.15) is 17.2 Å². The summed E-state index contributed by atoms with van der Waals surface area (Å²) >= 11 is 6.54. The number of nitrogens with one attached hydrogen (secondary N) is 1. The Morgan fingerprint density at radius 3 is 2.50 bits per heavy atom. The van der Waals surface area contributed by atoms with E-state index in [1.165, 1.54) is 16.7 Å². The summed E-state index contributed by atoms with van der Waals surface area (Å²) in [5.41, 5.74) is 10.4. The van der Waals surface area contributed by atoms with Crippen LogP contribution in [0.25, 0.3) is 17.2 Å². The van der Waals surface area contributed by atoms with Gasteiger partial charge in [-0.3, -0.25) is 0 Å². The van der Waals surface area contributed by atoms with Crippen LogP contribution in [0.4, 0.5) is 0 Å². The highest BCUT2D eigenvalue weighted by atomic mass is 35.5. The normalized spacial score (nSPS) is 16.9. The Balaban J connectivity index is 2.18. The van der Waals surface area contributed by atoms with Gasteiger partial charge in [0.25, 0.3) is 0 Å². The van der Waals surface area contributed by atoms with E-state index in [0.717, 1.165) is 17.1 Å². The van der Waals surface area contributed by atoms with Crippen LogP contribution in [0.2, 0.25) is 0 Å². The van der Waals surface area contributed by atoms with Crippen molar-refractivity contribution in [3.63, 3.8) is 0 Å². The fourth-order valence-corrected chi connectivity index (χ4v) is 2.99. The zero-order valence-electron chi connectivity index (χ0n) is 11.1. The van der Waals surface area contributed by atoms with E-state index < -0.39 is 0 Å². The van der Waals surface area contributed by atoms with Gasteiger partial charge in [0.1, 0.15) is 0 Å². The highest BCUT2D eigenvalue weighted by Crippen LogP contribution is 2.39. The predicted octanol–water partition coefficient (Wildman–Crippen LogP) is 3.54. The van der Waals surface area contributed by atoms with Crippen LogP contribution in [0.3, 0.4) is 0 Å². The minimum Gasteiger partial charge on any atom is -0.329 e. The number of nitrogens with two attached hydrogens (primary N) is 1. The molecule has 0 aromatic heterocycles. The van der Waals surface area contributed by atoms with E-state index in [2.05, 4.69) is 41.7 Å². The highest BCUT2D eigenvalue weighted by Gasteiger charge is 2.22. The molecule has 3 N–H and O–H groups in total. The van der Waals surface area contributed by atoms with Crippen molar-refractivity contribution in [1.82, 2.24) is 5.32 Å². The van der Waals surface area contributed by atoms with E-state index in [1.807, 2.05) is 18.2 Å². The Labute approximate surface area is 124 Å². The zero-order chi connectivity index (χ0) is 13.9. The lowest BCUT2D eigenvalue weighted by atomic mass is 9.95. The van der Waals surface area contributed by atoms with Crippen molar-refractivity contribution in [2.24, 2.45) is 5.73 Å². The monoisotopic (exact) mass is 284 g/mol. The molecule has 2 aromatic rings. The third kappa shape index (κ3) is 2.38. The lowest BCUT2D eigenvalue weighted by Gasteiger charge is -2.19. The second kappa shape index (κ2) is 5.80. The fourth-order valence-electron chi connectivity index (χ4n) is 2.68. The Morgan fingerprint density at radius 2 is 1.70 bits per heavy atom. The zero-order valence-corrected chi connectivity index (χ0v) is 11.9. The van der Waals surface area contributed by atoms with Crippen LogP contribution in [0.5, 0.6) is 0 Å². The van der Waals surface area contributed by atoms with Crippen LogP contribution in [-0.4, -0.2) is 13.1 Å². The van der Waals surface area contributed by atoms with Crippen molar-refractivity contribution in [2.75, 3.05) is 13.1 Å². The molecular formula is C17H17ClN2. The summed E-state index contributed by atoms with van der Waals surface area (Å²) in [5.74, 6) is 0. The van der Waals surface area contributed by atoms with Crippen molar-refractivity contribution in [2.45, 2.75) is 6.04 Å². The van der Waals surface area contributed by atoms with Gasteiger partial charge in [-0.25, -0.2) is 0 Å². The van der Waals surface area contributed by atoms with Gasteiger partial charge < -0.3 is 11.1 Å². The van der Waals surface area contributed by atoms with Crippen molar-refractivity contribution in [1.29, 1.82) is 0 Å². The number of hydrogen-bond acceptors (Lipinski definition) is 2. The van der Waals surface area contributed by atoms with Gasteiger partial charge in [0.15, 0.2) is 0 Å². The maximum absolute atomic E-state index is 6.54. The summed E-state index contributed by atoms with van der Waals surface area (Å²) < 4.78 is 0. The molecule has 3 heteroatoms. The lowest BCUT2D eigenvalue weighted by Crippen LogP contribution is -2.27. The van der Waals surface area contributed by atoms with Gasteiger partial charge in [-0.15, -0.1) is 0 Å². The van der Waals surface area contributed by atoms with E-state index in [9.17, 15) is 0 Å². The van der Waals surface area contributed by atoms with Crippen molar-refractivity contribution < 1.29 is 0 Å². The summed E-state index contributed by atoms with van der Waals surface area (Å²) in [6, 6.07) is 16.7. The van der Waals surface area contributed by atoms with Gasteiger partial charge >= 0.3 is 0 Å². The molecule has 1 aliphatic rings. The summed E-state index contributed by atoms with van der Waals surface area (Å²) in [5, 5.41) is 4.23. The molecule has 0 bridgehead atoms. The largest absolute Gasteiger partial charge is 0.329 e. The molecule has 102 valence electrons. The van der Waals surface area contributed by atoms with Gasteiger partial charge in [0.05, 0.1) is 6.04 Å². The second-order valence-corrected chi connectivity index (χ2v) is 5.32. The molecule has 20 heavy (non-hydrogen) atoms. The Hall–Kier alpha value is -1.61. The number of benzene rings is 2. The first-order valence-corrected chi connectivity index (χ1v) is 7.18. The second-order valence-electron chi connectivity index (χ2n) is 4.88. The lowest BCUT2D eigenvalue weighted by molar-refractivity contribution is 0.623. The highest BCUT2D eigenvalue weighted by molar-refractivity contribution is 6.32. The molecule has 0 saturated heterocycles. The molecule has 0 radical (unpaired) electrons. The molecule has 0 saturated carbocycles. The fraction of sp³-hybridized carbons (Fsp3) is 0.176. The maximum atomic E-state index is 6.54. The molecule has 1 atom stereocenters. The van der Waals surface area contributed by atoms with Crippen molar-refractivity contribution in [3.8, 4) is 11.1 Å². The van der Waals surface area contributed by atoms with E-state index in [4.69, 9.17) is 17.3 Å². The Bertz CT molecular complexity index is 649. The molecule has 0 spiro atoms. The standard InChI is InChI=1S/C17H17ClN2/c18-16-11-12-5-1-2-6-13(12)14-7-3-4-8-15(14)17(16)20-10-9-19/h1-8,11,17,20H,9-10,19H2. The first kappa shape index (κ1) is 13.4. The van der Waals surface area contributed by atoms with E-state index in [0.29, 0.717) is 6.54 Å². The minimum absolute atomic E-state index is 0.00353. The first-order chi connectivity index (χ1) is 9.81. The van der Waals surface area contributed by atoms with E-state index in [1.54, 1.807) is 0 Å². The van der Waals surface area contributed by atoms with Gasteiger partial charge in [0.2, 0.25) is 0 Å². The molecule has 2 aromatic carbocycles. The molecule has 0 aliphatic heterocycles. The summed E-state index contributed by atoms with van der Waals surface area (Å²) in [6.07, 6.45) is 2.05. The van der Waals surface area contributed by atoms with E-state index >= 15 is 0 Å². The number of fused-ring (bicyclic) bond motifs is 3. The third-order valence-corrected chi connectivity index (χ3v) is 3.91. The number of hydrogen-bond donors (Lipinski definition) is 2. The number of halogens is 1. The van der Waals surface area contributed by atoms with Gasteiger partial charge in [0, 0.05) is 18.1 Å². The summed E-state index contributed by atoms with van der Waals surface area (Å²) in [6.45, 7) is 1.33. The van der Waals surface area contributed by atoms with Gasteiger partial charge in [-0.05, 0) is 28.3 Å². The van der Waals surface area contributed by atoms with Gasteiger partial charge in [-0.1, -0.05) is 60.1 Å². The van der Waals surface area contributed by atoms with Crippen molar-refractivity contribution >= 4 is 17.7 Å². The molecule has 1 unspecified atom stereocenters. The quantitative estimate of drug-likeness (QED) is 0.905. The summed E-state index contributed by atoms with van der Waals surface area (Å²) in [4.78, 5) is 0. The van der Waals surface area contributed by atoms with Crippen LogP contribution >= 0.6 is 11.6 Å². The van der Waals surface area contributed by atoms with Crippen LogP contribution in [0, 0.1) is 0 Å². The van der Waals surface area contributed by atoms with Crippen LogP contribution in [-0.2, 0) is 0 Å². The van der Waals surface area contributed by atoms with Gasteiger partial charge in [-0.2, -0.15) is 0 Å². The molecule has 3 rings (SSSR count). The average Bonchev–Trinajstić information content (AvgIpc) is 2.60. The van der Waals surface area contributed by atoms with E-state index in [-0.39, 0.29) is 6.04 Å². The Morgan fingerprint density at radius 1 is 1.00 bits per heavy atom. The molecule has 0 heterocycles. The molecular weight excluding hydrogens is 268 g/mol. The number of rotatable bonds is 3. The molecule has 0 amide bonds. The SMILES string of the molecule is NCCNC1C(Cl)=Cc2ccccc2-c2ccccc21. The average molecular weight is 285 g/mol. The first-order valence-electron chi connectivity index (χ1n) is 6.80.